The van der Waals surface area contributed by atoms with E-state index in [0.29, 0.717) is 19.8 Å². The lowest BCUT2D eigenvalue weighted by atomic mass is 10.1. The van der Waals surface area contributed by atoms with Gasteiger partial charge in [-0.05, 0) is 37.5 Å². The molecule has 2 aromatic rings. The van der Waals surface area contributed by atoms with Gasteiger partial charge in [-0.1, -0.05) is 30.3 Å². The van der Waals surface area contributed by atoms with Crippen LogP contribution in [0.1, 0.15) is 24.7 Å². The van der Waals surface area contributed by atoms with Gasteiger partial charge in [0.05, 0.1) is 25.6 Å². The average molecular weight is 386 g/mol. The molecule has 1 aliphatic rings. The molecule has 0 aliphatic carbocycles. The number of guanidine groups is 1. The summed E-state index contributed by atoms with van der Waals surface area (Å²) in [6.07, 6.45) is 4.62. The topological polar surface area (TPSA) is 68.0 Å². The van der Waals surface area contributed by atoms with E-state index in [1.165, 1.54) is 5.56 Å². The molecule has 0 saturated carbocycles. The normalized spacial score (nSPS) is 18.2. The number of aliphatic imine (C=N–C) groups is 1. The Kier molecular flexibility index (Phi) is 8.40. The maximum atomic E-state index is 5.92. The SMILES string of the molecule is CC(COC1CCOC1)NC(=NCCc1ccco1)NCCc1ccccc1. The van der Waals surface area contributed by atoms with Crippen LogP contribution in [0, 0.1) is 0 Å². The molecule has 2 atom stereocenters. The zero-order valence-corrected chi connectivity index (χ0v) is 16.6. The lowest BCUT2D eigenvalue weighted by molar-refractivity contribution is 0.0347. The van der Waals surface area contributed by atoms with E-state index >= 15 is 0 Å². The molecular weight excluding hydrogens is 354 g/mol. The Bertz CT molecular complexity index is 682. The third kappa shape index (κ3) is 7.37. The van der Waals surface area contributed by atoms with E-state index in [4.69, 9.17) is 18.9 Å². The summed E-state index contributed by atoms with van der Waals surface area (Å²) in [6, 6.07) is 14.5. The van der Waals surface area contributed by atoms with E-state index in [2.05, 4.69) is 41.8 Å². The molecule has 1 fully saturated rings. The van der Waals surface area contributed by atoms with Crippen molar-refractivity contribution in [2.45, 2.75) is 38.3 Å². The molecule has 152 valence electrons. The molecule has 3 rings (SSSR count). The van der Waals surface area contributed by atoms with Gasteiger partial charge in [-0.3, -0.25) is 4.99 Å². The number of nitrogens with one attached hydrogen (secondary N) is 2. The third-order valence-electron chi connectivity index (χ3n) is 4.61. The molecule has 1 aromatic carbocycles. The minimum absolute atomic E-state index is 0.159. The summed E-state index contributed by atoms with van der Waals surface area (Å²) in [6.45, 7) is 5.72. The highest BCUT2D eigenvalue weighted by atomic mass is 16.5. The highest BCUT2D eigenvalue weighted by Crippen LogP contribution is 2.08. The standard InChI is InChI=1S/C22H31N3O3/c1-18(16-28-21-11-15-26-17-21)25-22(24-13-10-20-8-5-14-27-20)23-12-9-19-6-3-2-4-7-19/h2-8,14,18,21H,9-13,15-17H2,1H3,(H2,23,24,25). The van der Waals surface area contributed by atoms with Crippen LogP contribution in [0.25, 0.3) is 0 Å². The maximum Gasteiger partial charge on any atom is 0.191 e. The van der Waals surface area contributed by atoms with Crippen LogP contribution in [0.5, 0.6) is 0 Å². The Balaban J connectivity index is 1.47. The van der Waals surface area contributed by atoms with Crippen LogP contribution in [0.2, 0.25) is 0 Å². The molecule has 6 nitrogen and oxygen atoms in total. The number of benzene rings is 1. The lowest BCUT2D eigenvalue weighted by Crippen LogP contribution is -2.45. The fourth-order valence-corrected chi connectivity index (χ4v) is 3.06. The number of nitrogens with zero attached hydrogens (tertiary/aromatic N) is 1. The van der Waals surface area contributed by atoms with Crippen molar-refractivity contribution in [3.8, 4) is 0 Å². The molecule has 6 heteroatoms. The van der Waals surface area contributed by atoms with Crippen molar-refractivity contribution in [1.29, 1.82) is 0 Å². The number of ether oxygens (including phenoxy) is 2. The van der Waals surface area contributed by atoms with Gasteiger partial charge in [0.15, 0.2) is 5.96 Å². The van der Waals surface area contributed by atoms with E-state index in [1.807, 2.05) is 18.2 Å². The van der Waals surface area contributed by atoms with Gasteiger partial charge >= 0.3 is 0 Å². The average Bonchev–Trinajstić information content (AvgIpc) is 3.41. The third-order valence-corrected chi connectivity index (χ3v) is 4.61. The van der Waals surface area contributed by atoms with Crippen molar-refractivity contribution in [1.82, 2.24) is 10.6 Å². The molecule has 0 bridgehead atoms. The predicted octanol–water partition coefficient (Wildman–Crippen LogP) is 2.79. The summed E-state index contributed by atoms with van der Waals surface area (Å²) < 4.78 is 16.7. The molecule has 2 N–H and O–H groups in total. The van der Waals surface area contributed by atoms with Crippen LogP contribution in [-0.4, -0.2) is 51.0 Å². The summed E-state index contributed by atoms with van der Waals surface area (Å²) in [4.78, 5) is 4.70. The predicted molar refractivity (Wildman–Crippen MR) is 111 cm³/mol. The quantitative estimate of drug-likeness (QED) is 0.486. The molecule has 28 heavy (non-hydrogen) atoms. The van der Waals surface area contributed by atoms with E-state index in [0.717, 1.165) is 44.1 Å². The zero-order chi connectivity index (χ0) is 19.4. The number of hydrogen-bond acceptors (Lipinski definition) is 4. The van der Waals surface area contributed by atoms with Crippen LogP contribution in [0.3, 0.4) is 0 Å². The molecule has 0 amide bonds. The molecule has 2 heterocycles. The lowest BCUT2D eigenvalue weighted by Gasteiger charge is -2.20. The minimum Gasteiger partial charge on any atom is -0.469 e. The Morgan fingerprint density at radius 1 is 1.21 bits per heavy atom. The Morgan fingerprint density at radius 3 is 2.86 bits per heavy atom. The number of hydrogen-bond donors (Lipinski definition) is 2. The van der Waals surface area contributed by atoms with Crippen LogP contribution < -0.4 is 10.6 Å². The zero-order valence-electron chi connectivity index (χ0n) is 16.6. The van der Waals surface area contributed by atoms with Crippen LogP contribution in [0.15, 0.2) is 58.1 Å². The van der Waals surface area contributed by atoms with Crippen molar-refractivity contribution in [2.75, 3.05) is 32.9 Å². The number of rotatable bonds is 10. The molecule has 1 aromatic heterocycles. The minimum atomic E-state index is 0.159. The molecular formula is C22H31N3O3. The first-order valence-electron chi connectivity index (χ1n) is 10.1. The van der Waals surface area contributed by atoms with E-state index < -0.39 is 0 Å². The molecule has 2 unspecified atom stereocenters. The summed E-state index contributed by atoms with van der Waals surface area (Å²) in [5, 5.41) is 6.88. The van der Waals surface area contributed by atoms with Gasteiger partial charge in [-0.15, -0.1) is 0 Å². The van der Waals surface area contributed by atoms with Gasteiger partial charge < -0.3 is 24.5 Å². The fourth-order valence-electron chi connectivity index (χ4n) is 3.06. The molecule has 1 saturated heterocycles. The van der Waals surface area contributed by atoms with Gasteiger partial charge in [0, 0.05) is 32.2 Å². The fraction of sp³-hybridized carbons (Fsp3) is 0.500. The van der Waals surface area contributed by atoms with E-state index in [-0.39, 0.29) is 12.1 Å². The van der Waals surface area contributed by atoms with E-state index in [1.54, 1.807) is 6.26 Å². The second-order valence-electron chi connectivity index (χ2n) is 7.09. The first kappa shape index (κ1) is 20.4. The van der Waals surface area contributed by atoms with Crippen molar-refractivity contribution in [3.05, 3.63) is 60.1 Å². The monoisotopic (exact) mass is 385 g/mol. The van der Waals surface area contributed by atoms with Crippen LogP contribution in [0.4, 0.5) is 0 Å². The second kappa shape index (κ2) is 11.5. The largest absolute Gasteiger partial charge is 0.469 e. The Morgan fingerprint density at radius 2 is 2.11 bits per heavy atom. The Labute approximate surface area is 167 Å². The first-order valence-corrected chi connectivity index (χ1v) is 10.1. The van der Waals surface area contributed by atoms with Crippen molar-refractivity contribution < 1.29 is 13.9 Å². The molecule has 0 spiro atoms. The molecule has 1 aliphatic heterocycles. The van der Waals surface area contributed by atoms with Gasteiger partial charge in [0.25, 0.3) is 0 Å². The smallest absolute Gasteiger partial charge is 0.191 e. The summed E-state index contributed by atoms with van der Waals surface area (Å²) in [7, 11) is 0. The first-order chi connectivity index (χ1) is 13.8. The van der Waals surface area contributed by atoms with Crippen LogP contribution >= 0.6 is 0 Å². The van der Waals surface area contributed by atoms with Gasteiger partial charge in [-0.25, -0.2) is 0 Å². The summed E-state index contributed by atoms with van der Waals surface area (Å²) >= 11 is 0. The highest BCUT2D eigenvalue weighted by Gasteiger charge is 2.17. The number of furan rings is 1. The van der Waals surface area contributed by atoms with Crippen molar-refractivity contribution >= 4 is 5.96 Å². The maximum absolute atomic E-state index is 5.92. The summed E-state index contributed by atoms with van der Waals surface area (Å²) in [5.41, 5.74) is 1.31. The van der Waals surface area contributed by atoms with Gasteiger partial charge in [0.1, 0.15) is 5.76 Å². The second-order valence-corrected chi connectivity index (χ2v) is 7.09. The highest BCUT2D eigenvalue weighted by molar-refractivity contribution is 5.80. The van der Waals surface area contributed by atoms with Crippen molar-refractivity contribution in [3.63, 3.8) is 0 Å². The van der Waals surface area contributed by atoms with Gasteiger partial charge in [-0.2, -0.15) is 0 Å². The van der Waals surface area contributed by atoms with Crippen molar-refractivity contribution in [2.24, 2.45) is 4.99 Å². The van der Waals surface area contributed by atoms with Crippen LogP contribution in [-0.2, 0) is 22.3 Å². The van der Waals surface area contributed by atoms with E-state index in [9.17, 15) is 0 Å². The molecule has 0 radical (unpaired) electrons. The Hall–Kier alpha value is -2.31. The van der Waals surface area contributed by atoms with Gasteiger partial charge in [0.2, 0.25) is 0 Å². The summed E-state index contributed by atoms with van der Waals surface area (Å²) in [5.74, 6) is 1.76.